The number of halogens is 1. The number of rotatable bonds is 6. The van der Waals surface area contributed by atoms with Crippen LogP contribution in [0.25, 0.3) is 22.0 Å². The minimum absolute atomic E-state index is 0.00694. The van der Waals surface area contributed by atoms with Crippen LogP contribution in [0.1, 0.15) is 51.7 Å². The van der Waals surface area contributed by atoms with Crippen molar-refractivity contribution in [3.63, 3.8) is 0 Å². The number of hydrazine groups is 1. The Kier molecular flexibility index (Phi) is 11.5. The SMILES string of the molecule is CC(C)[C@@H](C(=O)N[C@H]1Cc2cc(O)cc(c2)-c2ccc3c(C#N)cn(c3c2)CC(C)(C)CNC(=O)[C@@H]2CCCN(N2)C1=O)N(C)C(=O)C1CN(C(=O)CCl)C1. The van der Waals surface area contributed by atoms with E-state index in [1.165, 1.54) is 14.8 Å². The maximum atomic E-state index is 14.4. The monoisotopic (exact) mass is 772 g/mol. The minimum Gasteiger partial charge on any atom is -0.508 e. The normalized spacial score (nSPS) is 20.9. The lowest BCUT2D eigenvalue weighted by Gasteiger charge is -2.42. The van der Waals surface area contributed by atoms with Gasteiger partial charge in [0.1, 0.15) is 35.8 Å². The molecule has 0 saturated carbocycles. The van der Waals surface area contributed by atoms with Crippen molar-refractivity contribution >= 4 is 52.0 Å². The van der Waals surface area contributed by atoms with E-state index >= 15 is 0 Å². The number of nitrogens with one attached hydrogen (secondary N) is 3. The van der Waals surface area contributed by atoms with E-state index in [9.17, 15) is 34.3 Å². The molecule has 5 amide bonds. The standard InChI is InChI=1S/C40H49ClN8O6/c1-23(2)35(46(5)38(54)28-19-47(20-28)34(51)16-41)37(53)44-32-13-24-11-26(14-29(50)12-24)25-8-9-30-27(17-42)18-48(33(30)15-25)22-40(3,4)21-43-36(52)31-7-6-10-49(45-31)39(32)55/h8-9,11-12,14-15,18,23,28,31-32,35,45,50H,6-7,10,13,16,19-22H2,1-5H3,(H,43,52)(H,44,53)/t31-,32-,35-/m0/s1. The van der Waals surface area contributed by atoms with Gasteiger partial charge in [-0.3, -0.25) is 29.0 Å². The Bertz CT molecular complexity index is 2050. The molecule has 292 valence electrons. The summed E-state index contributed by atoms with van der Waals surface area (Å²) in [6.45, 7) is 9.27. The Balaban J connectivity index is 1.35. The fourth-order valence-corrected chi connectivity index (χ4v) is 8.07. The fraction of sp³-hybridized carbons (Fsp3) is 0.500. The summed E-state index contributed by atoms with van der Waals surface area (Å²) in [6.07, 6.45) is 2.85. The zero-order valence-electron chi connectivity index (χ0n) is 31.9. The highest BCUT2D eigenvalue weighted by molar-refractivity contribution is 6.27. The molecule has 3 aromatic rings. The number of hydrogen-bond acceptors (Lipinski definition) is 8. The number of carbonyl (C=O) groups excluding carboxylic acids is 5. The van der Waals surface area contributed by atoms with Gasteiger partial charge in [0, 0.05) is 57.8 Å². The van der Waals surface area contributed by atoms with E-state index in [1.54, 1.807) is 19.2 Å². The van der Waals surface area contributed by atoms with Gasteiger partial charge in [-0.25, -0.2) is 5.43 Å². The minimum atomic E-state index is -1.14. The van der Waals surface area contributed by atoms with Crippen molar-refractivity contribution in [3.8, 4) is 22.9 Å². The summed E-state index contributed by atoms with van der Waals surface area (Å²) in [5.41, 5.74) is 6.05. The number of fused-ring (bicyclic) bond motifs is 6. The maximum absolute atomic E-state index is 14.4. The second-order valence-corrected chi connectivity index (χ2v) is 16.4. The third kappa shape index (κ3) is 8.43. The maximum Gasteiger partial charge on any atom is 0.259 e. The zero-order valence-corrected chi connectivity index (χ0v) is 32.7. The lowest BCUT2D eigenvalue weighted by molar-refractivity contribution is -0.152. The third-order valence-electron chi connectivity index (χ3n) is 10.8. The van der Waals surface area contributed by atoms with Gasteiger partial charge in [0.05, 0.1) is 17.0 Å². The molecule has 2 fully saturated rings. The molecule has 0 aliphatic carbocycles. The van der Waals surface area contributed by atoms with Crippen molar-refractivity contribution in [2.75, 3.05) is 39.1 Å². The first kappa shape index (κ1) is 39.6. The number of nitrogens with zero attached hydrogens (tertiary/aromatic N) is 5. The van der Waals surface area contributed by atoms with Gasteiger partial charge in [-0.15, -0.1) is 11.6 Å². The van der Waals surface area contributed by atoms with E-state index < -0.39 is 41.3 Å². The summed E-state index contributed by atoms with van der Waals surface area (Å²) >= 11 is 5.68. The lowest BCUT2D eigenvalue weighted by atomic mass is 9.92. The van der Waals surface area contributed by atoms with Crippen molar-refractivity contribution in [1.82, 2.24) is 35.4 Å². The second kappa shape index (κ2) is 15.9. The molecule has 4 heterocycles. The molecule has 15 heteroatoms. The topological polar surface area (TPSA) is 180 Å². The largest absolute Gasteiger partial charge is 0.508 e. The Morgan fingerprint density at radius 3 is 2.56 bits per heavy atom. The van der Waals surface area contributed by atoms with Crippen LogP contribution in [0.5, 0.6) is 5.75 Å². The zero-order chi connectivity index (χ0) is 39.8. The number of phenolic OH excluding ortho intramolecular Hbond substituents is 1. The molecule has 1 aromatic heterocycles. The Morgan fingerprint density at radius 2 is 1.87 bits per heavy atom. The summed E-state index contributed by atoms with van der Waals surface area (Å²) in [5.74, 6) is -2.83. The number of carbonyl (C=O) groups is 5. The van der Waals surface area contributed by atoms with Gasteiger partial charge in [-0.1, -0.05) is 45.9 Å². The first-order valence-corrected chi connectivity index (χ1v) is 19.2. The summed E-state index contributed by atoms with van der Waals surface area (Å²) < 4.78 is 2.02. The lowest BCUT2D eigenvalue weighted by Crippen LogP contribution is -2.63. The molecule has 0 spiro atoms. The van der Waals surface area contributed by atoms with Gasteiger partial charge < -0.3 is 30.1 Å². The van der Waals surface area contributed by atoms with Crippen LogP contribution in [0.3, 0.4) is 0 Å². The quantitative estimate of drug-likeness (QED) is 0.276. The second-order valence-electron chi connectivity index (χ2n) is 16.1. The molecule has 0 unspecified atom stereocenters. The number of likely N-dealkylation sites (N-methyl/N-ethyl adjacent to an activating group) is 1. The molecule has 6 rings (SSSR count). The van der Waals surface area contributed by atoms with Crippen LogP contribution in [0.4, 0.5) is 0 Å². The van der Waals surface area contributed by atoms with Gasteiger partial charge in [0.2, 0.25) is 23.6 Å². The number of likely N-dealkylation sites (tertiary alicyclic amines) is 1. The number of aromatic nitrogens is 1. The highest BCUT2D eigenvalue weighted by Crippen LogP contribution is 2.33. The number of amides is 5. The van der Waals surface area contributed by atoms with Crippen LogP contribution in [-0.4, -0.2) is 111 Å². The highest BCUT2D eigenvalue weighted by atomic mass is 35.5. The predicted molar refractivity (Wildman–Crippen MR) is 206 cm³/mol. The summed E-state index contributed by atoms with van der Waals surface area (Å²) in [4.78, 5) is 70.6. The van der Waals surface area contributed by atoms with E-state index in [0.29, 0.717) is 49.2 Å². The summed E-state index contributed by atoms with van der Waals surface area (Å²) in [7, 11) is 1.55. The van der Waals surface area contributed by atoms with Crippen LogP contribution in [-0.2, 0) is 36.9 Å². The predicted octanol–water partition coefficient (Wildman–Crippen LogP) is 2.74. The molecule has 14 nitrogen and oxygen atoms in total. The molecule has 4 N–H and O–H groups in total. The molecule has 55 heavy (non-hydrogen) atoms. The van der Waals surface area contributed by atoms with Crippen LogP contribution in [0.2, 0.25) is 0 Å². The molecule has 3 aliphatic rings. The number of benzene rings is 2. The Hall–Kier alpha value is -5.13. The van der Waals surface area contributed by atoms with E-state index in [1.807, 2.05) is 62.7 Å². The number of phenols is 1. The van der Waals surface area contributed by atoms with Crippen LogP contribution >= 0.6 is 11.6 Å². The van der Waals surface area contributed by atoms with Crippen molar-refractivity contribution in [3.05, 3.63) is 53.7 Å². The summed E-state index contributed by atoms with van der Waals surface area (Å²) in [6, 6.07) is 10.3. The van der Waals surface area contributed by atoms with Gasteiger partial charge in [-0.2, -0.15) is 5.26 Å². The van der Waals surface area contributed by atoms with Crippen LogP contribution < -0.4 is 16.1 Å². The van der Waals surface area contributed by atoms with Gasteiger partial charge in [-0.05, 0) is 59.1 Å². The molecule has 6 bridgehead atoms. The van der Waals surface area contributed by atoms with E-state index in [0.717, 1.165) is 16.5 Å². The molecule has 2 aromatic carbocycles. The number of alkyl halides is 1. The molecule has 2 saturated heterocycles. The van der Waals surface area contributed by atoms with E-state index in [4.69, 9.17) is 11.6 Å². The van der Waals surface area contributed by atoms with Crippen LogP contribution in [0.15, 0.2) is 42.6 Å². The molecular weight excluding hydrogens is 724 g/mol. The molecular formula is C40H49ClN8O6. The number of hydrogen-bond donors (Lipinski definition) is 4. The summed E-state index contributed by atoms with van der Waals surface area (Å²) in [5, 5.41) is 29.1. The molecule has 0 radical (unpaired) electrons. The highest BCUT2D eigenvalue weighted by Gasteiger charge is 2.42. The van der Waals surface area contributed by atoms with Crippen molar-refractivity contribution < 1.29 is 29.1 Å². The number of aromatic hydroxyl groups is 1. The third-order valence-corrected chi connectivity index (χ3v) is 11.1. The number of nitriles is 1. The van der Waals surface area contributed by atoms with Crippen molar-refractivity contribution in [2.45, 2.75) is 71.6 Å². The van der Waals surface area contributed by atoms with Crippen LogP contribution in [0, 0.1) is 28.6 Å². The van der Waals surface area contributed by atoms with E-state index in [2.05, 4.69) is 22.1 Å². The first-order valence-electron chi connectivity index (χ1n) is 18.7. The molecule has 3 atom stereocenters. The molecule has 3 aliphatic heterocycles. The van der Waals surface area contributed by atoms with Gasteiger partial charge in [0.25, 0.3) is 5.91 Å². The van der Waals surface area contributed by atoms with Crippen molar-refractivity contribution in [2.24, 2.45) is 17.3 Å². The average Bonchev–Trinajstić information content (AvgIpc) is 3.47. The fourth-order valence-electron chi connectivity index (χ4n) is 7.91. The average molecular weight is 773 g/mol. The Labute approximate surface area is 325 Å². The first-order chi connectivity index (χ1) is 26.1. The van der Waals surface area contributed by atoms with Crippen molar-refractivity contribution in [1.29, 1.82) is 5.26 Å². The van der Waals surface area contributed by atoms with Gasteiger partial charge >= 0.3 is 0 Å². The Morgan fingerprint density at radius 1 is 1.13 bits per heavy atom. The van der Waals surface area contributed by atoms with Gasteiger partial charge in [0.15, 0.2) is 0 Å². The smallest absolute Gasteiger partial charge is 0.259 e. The van der Waals surface area contributed by atoms with E-state index in [-0.39, 0.29) is 54.8 Å².